The average molecular weight is 409 g/mol. The van der Waals surface area contributed by atoms with Crippen LogP contribution in [0.25, 0.3) is 0 Å². The predicted octanol–water partition coefficient (Wildman–Crippen LogP) is 2.68. The van der Waals surface area contributed by atoms with E-state index in [-0.39, 0.29) is 36.2 Å². The Labute approximate surface area is 177 Å². The van der Waals surface area contributed by atoms with E-state index in [2.05, 4.69) is 9.97 Å². The first kappa shape index (κ1) is 20.5. The van der Waals surface area contributed by atoms with Crippen LogP contribution in [-0.4, -0.2) is 63.4 Å². The average Bonchev–Trinajstić information content (AvgIpc) is 2.98. The molecule has 1 saturated carbocycles. The molecule has 7 heteroatoms. The Morgan fingerprint density at radius 3 is 2.60 bits per heavy atom. The van der Waals surface area contributed by atoms with E-state index in [4.69, 9.17) is 4.74 Å². The van der Waals surface area contributed by atoms with Crippen molar-refractivity contribution in [3.63, 3.8) is 0 Å². The smallest absolute Gasteiger partial charge is 0.274 e. The maximum Gasteiger partial charge on any atom is 0.274 e. The highest BCUT2D eigenvalue weighted by atomic mass is 16.5. The van der Waals surface area contributed by atoms with Crippen LogP contribution in [0.3, 0.4) is 0 Å². The van der Waals surface area contributed by atoms with Crippen molar-refractivity contribution in [2.75, 3.05) is 19.6 Å². The van der Waals surface area contributed by atoms with Crippen LogP contribution < -0.4 is 0 Å². The zero-order chi connectivity index (χ0) is 20.8. The van der Waals surface area contributed by atoms with Gasteiger partial charge in [-0.2, -0.15) is 0 Å². The first-order valence-electron chi connectivity index (χ1n) is 10.7. The molecule has 2 aromatic rings. The highest BCUT2D eigenvalue weighted by molar-refractivity contribution is 5.95. The molecule has 4 rings (SSSR count). The topological polar surface area (TPSA) is 75.6 Å². The lowest BCUT2D eigenvalue weighted by molar-refractivity contribution is -0.134. The molecule has 0 spiro atoms. The summed E-state index contributed by atoms with van der Waals surface area (Å²) in [7, 11) is 0. The standard InChI is InChI=1S/C23H28N4O3/c28-22-16-26(23(29)21-13-24-11-12-25-21)14-20(30-17-18-7-3-1-4-8-18)15-27(22)19-9-5-2-6-10-19/h1,3-4,7-8,11-13,19-20H,2,5-6,9-10,14-17H2. The first-order chi connectivity index (χ1) is 14.7. The molecule has 30 heavy (non-hydrogen) atoms. The molecule has 158 valence electrons. The monoisotopic (exact) mass is 408 g/mol. The summed E-state index contributed by atoms with van der Waals surface area (Å²) < 4.78 is 6.21. The van der Waals surface area contributed by atoms with E-state index in [1.807, 2.05) is 35.2 Å². The number of hydrogen-bond donors (Lipinski definition) is 0. The summed E-state index contributed by atoms with van der Waals surface area (Å²) in [5.41, 5.74) is 1.32. The van der Waals surface area contributed by atoms with E-state index in [9.17, 15) is 9.59 Å². The Morgan fingerprint density at radius 2 is 1.87 bits per heavy atom. The van der Waals surface area contributed by atoms with Crippen molar-refractivity contribution in [2.24, 2.45) is 0 Å². The van der Waals surface area contributed by atoms with Gasteiger partial charge < -0.3 is 14.5 Å². The van der Waals surface area contributed by atoms with Crippen molar-refractivity contribution >= 4 is 11.8 Å². The highest BCUT2D eigenvalue weighted by Crippen LogP contribution is 2.25. The van der Waals surface area contributed by atoms with Crippen molar-refractivity contribution in [3.05, 3.63) is 60.2 Å². The summed E-state index contributed by atoms with van der Waals surface area (Å²) in [4.78, 5) is 37.7. The van der Waals surface area contributed by atoms with Crippen molar-refractivity contribution in [3.8, 4) is 0 Å². The molecule has 1 saturated heterocycles. The zero-order valence-electron chi connectivity index (χ0n) is 17.2. The minimum Gasteiger partial charge on any atom is -0.370 e. The first-order valence-corrected chi connectivity index (χ1v) is 10.7. The molecule has 1 atom stereocenters. The van der Waals surface area contributed by atoms with Gasteiger partial charge in [0.25, 0.3) is 5.91 Å². The fraction of sp³-hybridized carbons (Fsp3) is 0.478. The molecule has 1 aromatic carbocycles. The number of nitrogens with zero attached hydrogens (tertiary/aromatic N) is 4. The Kier molecular flexibility index (Phi) is 6.69. The van der Waals surface area contributed by atoms with Crippen molar-refractivity contribution < 1.29 is 14.3 Å². The number of benzene rings is 1. The van der Waals surface area contributed by atoms with Crippen LogP contribution in [-0.2, 0) is 16.1 Å². The second-order valence-electron chi connectivity index (χ2n) is 8.03. The second-order valence-corrected chi connectivity index (χ2v) is 8.03. The minimum absolute atomic E-state index is 0.00930. The molecule has 7 nitrogen and oxygen atoms in total. The van der Waals surface area contributed by atoms with E-state index in [1.165, 1.54) is 25.0 Å². The van der Waals surface area contributed by atoms with Gasteiger partial charge in [0.2, 0.25) is 5.91 Å². The third-order valence-corrected chi connectivity index (χ3v) is 5.88. The van der Waals surface area contributed by atoms with Crippen LogP contribution >= 0.6 is 0 Å². The van der Waals surface area contributed by atoms with Gasteiger partial charge in [-0.05, 0) is 18.4 Å². The van der Waals surface area contributed by atoms with E-state index in [0.29, 0.717) is 19.7 Å². The van der Waals surface area contributed by atoms with Gasteiger partial charge in [-0.1, -0.05) is 49.6 Å². The largest absolute Gasteiger partial charge is 0.370 e. The number of rotatable bonds is 5. The fourth-order valence-electron chi connectivity index (χ4n) is 4.31. The molecule has 0 N–H and O–H groups in total. The maximum absolute atomic E-state index is 13.1. The van der Waals surface area contributed by atoms with Gasteiger partial charge in [0.1, 0.15) is 12.2 Å². The van der Waals surface area contributed by atoms with Gasteiger partial charge in [0, 0.05) is 31.5 Å². The number of carbonyl (C=O) groups excluding carboxylic acids is 2. The van der Waals surface area contributed by atoms with Crippen LogP contribution in [0.2, 0.25) is 0 Å². The van der Waals surface area contributed by atoms with Crippen molar-refractivity contribution in [1.82, 2.24) is 19.8 Å². The maximum atomic E-state index is 13.1. The lowest BCUT2D eigenvalue weighted by atomic mass is 9.94. The van der Waals surface area contributed by atoms with Crippen LogP contribution in [0, 0.1) is 0 Å². The molecule has 1 aromatic heterocycles. The third kappa shape index (κ3) is 5.02. The van der Waals surface area contributed by atoms with Gasteiger partial charge in [-0.25, -0.2) is 4.98 Å². The molecule has 0 radical (unpaired) electrons. The molecule has 1 unspecified atom stereocenters. The zero-order valence-corrected chi connectivity index (χ0v) is 17.2. The SMILES string of the molecule is O=C(c1cnccn1)N1CC(=O)N(C2CCCCC2)CC(OCc2ccccc2)C1. The number of ether oxygens (including phenoxy) is 1. The van der Waals surface area contributed by atoms with Gasteiger partial charge in [-0.3, -0.25) is 14.6 Å². The lowest BCUT2D eigenvalue weighted by Gasteiger charge is -2.34. The van der Waals surface area contributed by atoms with Crippen LogP contribution in [0.4, 0.5) is 0 Å². The van der Waals surface area contributed by atoms with Crippen LogP contribution in [0.5, 0.6) is 0 Å². The summed E-state index contributed by atoms with van der Waals surface area (Å²) in [6, 6.07) is 10.2. The van der Waals surface area contributed by atoms with Gasteiger partial charge in [0.15, 0.2) is 0 Å². The summed E-state index contributed by atoms with van der Waals surface area (Å²) in [5.74, 6) is -0.291. The van der Waals surface area contributed by atoms with E-state index in [0.717, 1.165) is 31.2 Å². The number of hydrogen-bond acceptors (Lipinski definition) is 5. The second kappa shape index (κ2) is 9.80. The molecule has 2 aliphatic rings. The molecular formula is C23H28N4O3. The Hall–Kier alpha value is -2.80. The number of amides is 2. The van der Waals surface area contributed by atoms with Gasteiger partial charge in [0.05, 0.1) is 18.9 Å². The lowest BCUT2D eigenvalue weighted by Crippen LogP contribution is -2.46. The van der Waals surface area contributed by atoms with Crippen LogP contribution in [0.15, 0.2) is 48.9 Å². The molecule has 2 heterocycles. The molecule has 2 fully saturated rings. The summed E-state index contributed by atoms with van der Waals surface area (Å²) in [6.07, 6.45) is 9.77. The summed E-state index contributed by atoms with van der Waals surface area (Å²) in [5, 5.41) is 0. The predicted molar refractivity (Wildman–Crippen MR) is 112 cm³/mol. The number of carbonyl (C=O) groups is 2. The Balaban J connectivity index is 1.52. The third-order valence-electron chi connectivity index (χ3n) is 5.88. The quantitative estimate of drug-likeness (QED) is 0.760. The molecule has 0 bridgehead atoms. The molecular weight excluding hydrogens is 380 g/mol. The van der Waals surface area contributed by atoms with Gasteiger partial charge in [-0.15, -0.1) is 0 Å². The van der Waals surface area contributed by atoms with E-state index >= 15 is 0 Å². The summed E-state index contributed by atoms with van der Waals surface area (Å²) >= 11 is 0. The number of aromatic nitrogens is 2. The van der Waals surface area contributed by atoms with Crippen LogP contribution in [0.1, 0.15) is 48.2 Å². The highest BCUT2D eigenvalue weighted by Gasteiger charge is 2.35. The normalized spacial score (nSPS) is 20.8. The summed E-state index contributed by atoms with van der Waals surface area (Å²) in [6.45, 7) is 1.38. The molecule has 1 aliphatic carbocycles. The van der Waals surface area contributed by atoms with Gasteiger partial charge >= 0.3 is 0 Å². The Morgan fingerprint density at radius 1 is 1.07 bits per heavy atom. The van der Waals surface area contributed by atoms with E-state index in [1.54, 1.807) is 4.90 Å². The van der Waals surface area contributed by atoms with E-state index < -0.39 is 0 Å². The fourth-order valence-corrected chi connectivity index (χ4v) is 4.31. The molecule has 1 aliphatic heterocycles. The molecule has 2 amide bonds. The minimum atomic E-state index is -0.282. The Bertz CT molecular complexity index is 840. The van der Waals surface area contributed by atoms with Crippen molar-refractivity contribution in [1.29, 1.82) is 0 Å². The van der Waals surface area contributed by atoms with Crippen molar-refractivity contribution in [2.45, 2.75) is 50.9 Å².